The topological polar surface area (TPSA) is 43.4 Å². The van der Waals surface area contributed by atoms with Crippen LogP contribution in [-0.4, -0.2) is 11.2 Å². The van der Waals surface area contributed by atoms with Gasteiger partial charge in [0.1, 0.15) is 0 Å². The molecule has 0 aliphatic carbocycles. The average Bonchev–Trinajstić information content (AvgIpc) is 1.85. The molecule has 0 spiro atoms. The minimum absolute atomic E-state index is 0.204. The molecule has 0 rings (SSSR count). The Morgan fingerprint density at radius 3 is 2.50 bits per heavy atom. The summed E-state index contributed by atoms with van der Waals surface area (Å²) in [6, 6.07) is 0. The summed E-state index contributed by atoms with van der Waals surface area (Å²) in [5, 5.41) is -0.682. The van der Waals surface area contributed by atoms with Crippen LogP contribution < -0.4 is 0 Å². The summed E-state index contributed by atoms with van der Waals surface area (Å²) in [5.41, 5.74) is 0. The normalized spacial score (nSPS) is 12.3. The second-order valence-electron chi connectivity index (χ2n) is 1.86. The van der Waals surface area contributed by atoms with Gasteiger partial charge in [0.05, 0.1) is 5.92 Å². The molecule has 0 amide bonds. The minimum atomic E-state index is -1.08. The maximum Gasteiger partial charge on any atom is 0.352 e. The summed E-state index contributed by atoms with van der Waals surface area (Å²) in [5.74, 6) is -1.89. The number of hydrogen-bond donors (Lipinski definition) is 0. The zero-order valence-electron chi connectivity index (χ0n) is 5.27. The predicted octanol–water partition coefficient (Wildman–Crippen LogP) is 1.21. The molecule has 0 aromatic heterocycles. The van der Waals surface area contributed by atoms with Crippen LogP contribution in [-0.2, 0) is 14.5 Å². The summed E-state index contributed by atoms with van der Waals surface area (Å²) in [7, 11) is 0. The Balaban J connectivity index is 3.72. The van der Waals surface area contributed by atoms with Gasteiger partial charge in [0, 0.05) is 10.9 Å². The van der Waals surface area contributed by atoms with Crippen LogP contribution in [0.5, 0.6) is 0 Å². The minimum Gasteiger partial charge on any atom is -0.281 e. The molecule has 5 heteroatoms. The van der Waals surface area contributed by atoms with Crippen LogP contribution in [0.3, 0.4) is 0 Å². The second-order valence-corrected chi connectivity index (χ2v) is 2.28. The molecule has 0 bridgehead atoms. The molecule has 0 saturated heterocycles. The van der Waals surface area contributed by atoms with Gasteiger partial charge in [-0.1, -0.05) is 6.92 Å². The molecule has 0 aliphatic rings. The van der Waals surface area contributed by atoms with Gasteiger partial charge in [-0.3, -0.25) is 9.74 Å². The number of hydrogen-bond acceptors (Lipinski definition) is 3. The van der Waals surface area contributed by atoms with E-state index in [4.69, 9.17) is 11.6 Å². The molecule has 0 heterocycles. The molecule has 0 aromatic rings. The SMILES string of the molecule is CC(CC(=O)Cl)C(=O)OF. The first-order valence-corrected chi connectivity index (χ1v) is 2.96. The summed E-state index contributed by atoms with van der Waals surface area (Å²) in [6.45, 7) is 1.35. The van der Waals surface area contributed by atoms with Gasteiger partial charge < -0.3 is 0 Å². The fraction of sp³-hybridized carbons (Fsp3) is 0.600. The molecule has 0 N–H and O–H groups in total. The summed E-state index contributed by atoms with van der Waals surface area (Å²) in [4.78, 5) is 23.2. The number of rotatable bonds is 3. The Hall–Kier alpha value is -0.640. The first kappa shape index (κ1) is 9.36. The van der Waals surface area contributed by atoms with Crippen molar-refractivity contribution in [3.8, 4) is 0 Å². The lowest BCUT2D eigenvalue weighted by Gasteiger charge is -2.00. The van der Waals surface area contributed by atoms with Crippen LogP contribution in [0.25, 0.3) is 0 Å². The summed E-state index contributed by atoms with van der Waals surface area (Å²) in [6.07, 6.45) is -0.204. The Labute approximate surface area is 62.0 Å². The maximum atomic E-state index is 11.1. The van der Waals surface area contributed by atoms with Crippen molar-refractivity contribution in [2.75, 3.05) is 0 Å². The highest BCUT2D eigenvalue weighted by atomic mass is 35.5. The Kier molecular flexibility index (Phi) is 3.95. The van der Waals surface area contributed by atoms with Gasteiger partial charge >= 0.3 is 5.97 Å². The number of carbonyl (C=O) groups is 2. The van der Waals surface area contributed by atoms with E-state index in [1.54, 1.807) is 0 Å². The zero-order valence-corrected chi connectivity index (χ0v) is 6.02. The van der Waals surface area contributed by atoms with Crippen molar-refractivity contribution in [1.82, 2.24) is 0 Å². The Morgan fingerprint density at radius 2 is 2.20 bits per heavy atom. The lowest BCUT2D eigenvalue weighted by atomic mass is 10.1. The monoisotopic (exact) mass is 168 g/mol. The standard InChI is InChI=1S/C5H6ClFO3/c1-3(2-4(6)8)5(9)10-7/h3H,2H2,1H3. The first-order valence-electron chi connectivity index (χ1n) is 2.58. The third kappa shape index (κ3) is 3.40. The molecule has 1 atom stereocenters. The van der Waals surface area contributed by atoms with Crippen LogP contribution in [0.15, 0.2) is 0 Å². The van der Waals surface area contributed by atoms with Gasteiger partial charge in [-0.05, 0) is 11.6 Å². The van der Waals surface area contributed by atoms with Crippen molar-refractivity contribution in [1.29, 1.82) is 0 Å². The fourth-order valence-electron chi connectivity index (χ4n) is 0.400. The van der Waals surface area contributed by atoms with Gasteiger partial charge in [-0.15, -0.1) is 0 Å². The highest BCUT2D eigenvalue weighted by Gasteiger charge is 2.17. The van der Waals surface area contributed by atoms with E-state index in [2.05, 4.69) is 4.94 Å². The van der Waals surface area contributed by atoms with E-state index in [0.29, 0.717) is 0 Å². The van der Waals surface area contributed by atoms with Crippen molar-refractivity contribution in [2.45, 2.75) is 13.3 Å². The van der Waals surface area contributed by atoms with Gasteiger partial charge in [0.25, 0.3) is 0 Å². The van der Waals surface area contributed by atoms with Crippen molar-refractivity contribution in [3.05, 3.63) is 0 Å². The molecule has 0 aliphatic heterocycles. The van der Waals surface area contributed by atoms with Crippen LogP contribution in [0, 0.1) is 5.92 Å². The quantitative estimate of drug-likeness (QED) is 0.595. The van der Waals surface area contributed by atoms with Gasteiger partial charge in [0.15, 0.2) is 0 Å². The number of halogens is 2. The second kappa shape index (κ2) is 4.22. The zero-order chi connectivity index (χ0) is 8.15. The van der Waals surface area contributed by atoms with E-state index >= 15 is 0 Å². The van der Waals surface area contributed by atoms with Crippen molar-refractivity contribution in [3.63, 3.8) is 0 Å². The lowest BCUT2D eigenvalue weighted by Crippen LogP contribution is -2.13. The van der Waals surface area contributed by atoms with E-state index in [-0.39, 0.29) is 6.42 Å². The molecule has 0 saturated carbocycles. The molecule has 58 valence electrons. The van der Waals surface area contributed by atoms with Crippen LogP contribution >= 0.6 is 11.6 Å². The van der Waals surface area contributed by atoms with Crippen LogP contribution in [0.1, 0.15) is 13.3 Å². The Bertz CT molecular complexity index is 148. The third-order valence-corrected chi connectivity index (χ3v) is 1.10. The molecule has 3 nitrogen and oxygen atoms in total. The van der Waals surface area contributed by atoms with E-state index in [1.807, 2.05) is 0 Å². The van der Waals surface area contributed by atoms with E-state index < -0.39 is 17.1 Å². The average molecular weight is 169 g/mol. The summed E-state index contributed by atoms with van der Waals surface area (Å²) >= 11 is 4.90. The molecule has 1 unspecified atom stereocenters. The smallest absolute Gasteiger partial charge is 0.281 e. The lowest BCUT2D eigenvalue weighted by molar-refractivity contribution is -0.188. The molecule has 0 fully saturated rings. The molecular weight excluding hydrogens is 163 g/mol. The fourth-order valence-corrected chi connectivity index (χ4v) is 0.632. The van der Waals surface area contributed by atoms with E-state index in [0.717, 1.165) is 0 Å². The van der Waals surface area contributed by atoms with Crippen LogP contribution in [0.4, 0.5) is 4.53 Å². The summed E-state index contributed by atoms with van der Waals surface area (Å²) < 4.78 is 11.1. The van der Waals surface area contributed by atoms with Crippen molar-refractivity contribution >= 4 is 22.8 Å². The molecule has 10 heavy (non-hydrogen) atoms. The van der Waals surface area contributed by atoms with E-state index in [1.165, 1.54) is 6.92 Å². The maximum absolute atomic E-state index is 11.1. The van der Waals surface area contributed by atoms with Gasteiger partial charge in [-0.25, -0.2) is 4.79 Å². The molecule has 0 aromatic carbocycles. The highest BCUT2D eigenvalue weighted by Crippen LogP contribution is 2.06. The van der Waals surface area contributed by atoms with Crippen molar-refractivity contribution in [2.24, 2.45) is 5.92 Å². The largest absolute Gasteiger partial charge is 0.352 e. The number of carbonyl (C=O) groups excluding carboxylic acids is 2. The molecular formula is C5H6ClFO3. The molecule has 0 radical (unpaired) electrons. The van der Waals surface area contributed by atoms with Gasteiger partial charge in [0.2, 0.25) is 5.24 Å². The highest BCUT2D eigenvalue weighted by molar-refractivity contribution is 6.63. The van der Waals surface area contributed by atoms with Crippen molar-refractivity contribution < 1.29 is 19.1 Å². The first-order chi connectivity index (χ1) is 4.57. The van der Waals surface area contributed by atoms with Crippen LogP contribution in [0.2, 0.25) is 0 Å². The van der Waals surface area contributed by atoms with Gasteiger partial charge in [-0.2, -0.15) is 0 Å². The van der Waals surface area contributed by atoms with E-state index in [9.17, 15) is 14.1 Å². The predicted molar refractivity (Wildman–Crippen MR) is 31.8 cm³/mol. The Morgan fingerprint density at radius 1 is 1.70 bits per heavy atom. The third-order valence-electron chi connectivity index (χ3n) is 0.945.